The van der Waals surface area contributed by atoms with Crippen molar-refractivity contribution in [3.63, 3.8) is 0 Å². The quantitative estimate of drug-likeness (QED) is 0.239. The number of nitrogens with zero attached hydrogens (tertiary/aromatic N) is 2. The number of hydrogen-bond acceptors (Lipinski definition) is 4. The Kier molecular flexibility index (Phi) is 10.1. The third-order valence-electron chi connectivity index (χ3n) is 4.64. The van der Waals surface area contributed by atoms with Crippen LogP contribution in [0.3, 0.4) is 0 Å². The Labute approximate surface area is 189 Å². The number of guanidine groups is 1. The number of nitrogens with one attached hydrogen (secondary N) is 2. The fourth-order valence-electron chi connectivity index (χ4n) is 3.28. The maximum Gasteiger partial charge on any atom is 0.191 e. The van der Waals surface area contributed by atoms with E-state index in [0.717, 1.165) is 57.2 Å². The highest BCUT2D eigenvalue weighted by Gasteiger charge is 2.19. The second-order valence-corrected chi connectivity index (χ2v) is 8.18. The van der Waals surface area contributed by atoms with Crippen molar-refractivity contribution in [2.24, 2.45) is 4.99 Å². The van der Waals surface area contributed by atoms with E-state index in [1.54, 1.807) is 17.6 Å². The van der Waals surface area contributed by atoms with Crippen molar-refractivity contribution in [3.8, 4) is 0 Å². The molecular weight excluding hydrogens is 483 g/mol. The highest BCUT2D eigenvalue weighted by atomic mass is 127. The zero-order valence-electron chi connectivity index (χ0n) is 16.5. The van der Waals surface area contributed by atoms with Gasteiger partial charge in [-0.3, -0.25) is 4.90 Å². The molecule has 1 aliphatic rings. The minimum absolute atomic E-state index is 0. The molecule has 0 radical (unpaired) electrons. The Balaban J connectivity index is 0.00000280. The van der Waals surface area contributed by atoms with Crippen LogP contribution in [0.25, 0.3) is 0 Å². The molecule has 0 saturated carbocycles. The number of piperidine rings is 1. The van der Waals surface area contributed by atoms with E-state index < -0.39 is 0 Å². The number of likely N-dealkylation sites (tertiary alicyclic amines) is 1. The molecule has 0 bridgehead atoms. The van der Waals surface area contributed by atoms with Crippen LogP contribution in [0.1, 0.15) is 30.4 Å². The molecule has 3 heterocycles. The second-order valence-electron chi connectivity index (χ2n) is 7.15. The van der Waals surface area contributed by atoms with Crippen LogP contribution in [0.4, 0.5) is 0 Å². The van der Waals surface area contributed by atoms with Gasteiger partial charge in [0.15, 0.2) is 5.96 Å². The number of halogens is 1. The van der Waals surface area contributed by atoms with Crippen molar-refractivity contribution in [1.82, 2.24) is 15.5 Å². The van der Waals surface area contributed by atoms with Crippen LogP contribution >= 0.6 is 35.3 Å². The van der Waals surface area contributed by atoms with Crippen LogP contribution in [0.15, 0.2) is 57.5 Å². The molecule has 0 atom stereocenters. The molecule has 0 aromatic carbocycles. The van der Waals surface area contributed by atoms with Gasteiger partial charge in [-0.1, -0.05) is 18.2 Å². The predicted molar refractivity (Wildman–Crippen MR) is 129 cm³/mol. The molecule has 0 amide bonds. The van der Waals surface area contributed by atoms with Gasteiger partial charge in [-0.05, 0) is 43.3 Å². The van der Waals surface area contributed by atoms with Crippen LogP contribution in [-0.2, 0) is 13.0 Å². The smallest absolute Gasteiger partial charge is 0.191 e. The summed E-state index contributed by atoms with van der Waals surface area (Å²) in [5.41, 5.74) is 1.24. The van der Waals surface area contributed by atoms with Gasteiger partial charge in [0.2, 0.25) is 0 Å². The summed E-state index contributed by atoms with van der Waals surface area (Å²) in [6.45, 7) is 10.9. The Morgan fingerprint density at radius 2 is 2.14 bits per heavy atom. The summed E-state index contributed by atoms with van der Waals surface area (Å²) in [5, 5.41) is 9.20. The monoisotopic (exact) mass is 514 g/mol. The highest BCUT2D eigenvalue weighted by Crippen LogP contribution is 2.12. The molecule has 2 aromatic rings. The van der Waals surface area contributed by atoms with Gasteiger partial charge in [0, 0.05) is 43.5 Å². The molecule has 2 N–H and O–H groups in total. The molecule has 1 aliphatic heterocycles. The number of furan rings is 1. The Morgan fingerprint density at radius 1 is 1.32 bits per heavy atom. The normalized spacial score (nSPS) is 15.8. The fourth-order valence-corrected chi connectivity index (χ4v) is 3.91. The molecule has 5 nitrogen and oxygen atoms in total. The molecule has 7 heteroatoms. The van der Waals surface area contributed by atoms with Crippen molar-refractivity contribution in [2.75, 3.05) is 26.2 Å². The Hall–Kier alpha value is -1.32. The summed E-state index contributed by atoms with van der Waals surface area (Å²) in [6.07, 6.45) is 4.83. The molecule has 1 saturated heterocycles. The van der Waals surface area contributed by atoms with E-state index >= 15 is 0 Å². The van der Waals surface area contributed by atoms with Crippen LogP contribution in [0.5, 0.6) is 0 Å². The fraction of sp³-hybridized carbons (Fsp3) is 0.476. The van der Waals surface area contributed by atoms with Gasteiger partial charge < -0.3 is 15.1 Å². The van der Waals surface area contributed by atoms with E-state index in [1.807, 2.05) is 12.1 Å². The number of rotatable bonds is 8. The highest BCUT2D eigenvalue weighted by molar-refractivity contribution is 14.0. The minimum Gasteiger partial charge on any atom is -0.469 e. The van der Waals surface area contributed by atoms with Crippen molar-refractivity contribution in [1.29, 1.82) is 0 Å². The van der Waals surface area contributed by atoms with Gasteiger partial charge >= 0.3 is 0 Å². The first-order valence-electron chi connectivity index (χ1n) is 9.65. The lowest BCUT2D eigenvalue weighted by atomic mass is 10.0. The van der Waals surface area contributed by atoms with E-state index in [0.29, 0.717) is 12.6 Å². The topological polar surface area (TPSA) is 52.8 Å². The first-order valence-corrected chi connectivity index (χ1v) is 10.5. The van der Waals surface area contributed by atoms with Crippen LogP contribution in [0.2, 0.25) is 0 Å². The standard InChI is InChI=1S/C21H30N4OS.HI/c1-17(2)16-25-11-8-18(9-12-25)24-21(23-15-20-6-4-14-27-20)22-10-7-19-5-3-13-26-19;/h3-6,13-14,18H,1,7-12,15-16H2,2H3,(H2,22,23,24);1H. The third-order valence-corrected chi connectivity index (χ3v) is 5.50. The molecule has 154 valence electrons. The van der Waals surface area contributed by atoms with E-state index in [9.17, 15) is 0 Å². The van der Waals surface area contributed by atoms with E-state index in [4.69, 9.17) is 9.41 Å². The zero-order chi connectivity index (χ0) is 18.9. The van der Waals surface area contributed by atoms with Crippen LogP contribution < -0.4 is 10.6 Å². The van der Waals surface area contributed by atoms with E-state index in [-0.39, 0.29) is 24.0 Å². The maximum absolute atomic E-state index is 5.42. The van der Waals surface area contributed by atoms with Gasteiger partial charge in [0.05, 0.1) is 12.8 Å². The third kappa shape index (κ3) is 7.97. The summed E-state index contributed by atoms with van der Waals surface area (Å²) >= 11 is 1.75. The first-order chi connectivity index (χ1) is 13.2. The SMILES string of the molecule is C=C(C)CN1CCC(NC(=NCc2cccs2)NCCc2ccco2)CC1.I. The number of thiophene rings is 1. The summed E-state index contributed by atoms with van der Waals surface area (Å²) in [5.74, 6) is 1.89. The Morgan fingerprint density at radius 3 is 2.79 bits per heavy atom. The number of hydrogen-bond donors (Lipinski definition) is 2. The van der Waals surface area contributed by atoms with Gasteiger partial charge in [-0.25, -0.2) is 4.99 Å². The predicted octanol–water partition coefficient (Wildman–Crippen LogP) is 4.28. The Bertz CT molecular complexity index is 707. The largest absolute Gasteiger partial charge is 0.469 e. The molecule has 0 aliphatic carbocycles. The van der Waals surface area contributed by atoms with Crippen molar-refractivity contribution >= 4 is 41.3 Å². The second kappa shape index (κ2) is 12.3. The van der Waals surface area contributed by atoms with Gasteiger partial charge in [-0.15, -0.1) is 35.3 Å². The molecule has 3 rings (SSSR count). The average Bonchev–Trinajstić information content (AvgIpc) is 3.34. The average molecular weight is 514 g/mol. The lowest BCUT2D eigenvalue weighted by Crippen LogP contribution is -2.49. The van der Waals surface area contributed by atoms with Crippen molar-refractivity contribution < 1.29 is 4.42 Å². The lowest BCUT2D eigenvalue weighted by molar-refractivity contribution is 0.221. The minimum atomic E-state index is 0. The van der Waals surface area contributed by atoms with Crippen LogP contribution in [-0.4, -0.2) is 43.1 Å². The summed E-state index contributed by atoms with van der Waals surface area (Å²) in [4.78, 5) is 8.55. The summed E-state index contributed by atoms with van der Waals surface area (Å²) in [7, 11) is 0. The van der Waals surface area contributed by atoms with Gasteiger partial charge in [0.25, 0.3) is 0 Å². The van der Waals surface area contributed by atoms with Gasteiger partial charge in [0.1, 0.15) is 5.76 Å². The molecular formula is C21H31IN4OS. The molecule has 2 aromatic heterocycles. The lowest BCUT2D eigenvalue weighted by Gasteiger charge is -2.33. The van der Waals surface area contributed by atoms with Crippen molar-refractivity contribution in [3.05, 3.63) is 58.7 Å². The van der Waals surface area contributed by atoms with Crippen LogP contribution in [0, 0.1) is 0 Å². The maximum atomic E-state index is 5.42. The number of aliphatic imine (C=N–C) groups is 1. The van der Waals surface area contributed by atoms with Crippen molar-refractivity contribution in [2.45, 2.75) is 38.8 Å². The van der Waals surface area contributed by atoms with E-state index in [1.165, 1.54) is 10.5 Å². The molecule has 1 fully saturated rings. The summed E-state index contributed by atoms with van der Waals surface area (Å²) in [6, 6.07) is 8.60. The van der Waals surface area contributed by atoms with Gasteiger partial charge in [-0.2, -0.15) is 0 Å². The molecule has 0 spiro atoms. The molecule has 0 unspecified atom stereocenters. The summed E-state index contributed by atoms with van der Waals surface area (Å²) < 4.78 is 5.42. The van der Waals surface area contributed by atoms with E-state index in [2.05, 4.69) is 46.5 Å². The zero-order valence-corrected chi connectivity index (χ0v) is 19.7. The first kappa shape index (κ1) is 23.0. The molecule has 28 heavy (non-hydrogen) atoms.